The third kappa shape index (κ3) is 2.13. The molecular formula is C9H12ClFSn. The molecule has 0 aliphatic carbocycles. The molecule has 0 saturated heterocycles. The van der Waals surface area contributed by atoms with Crippen molar-refractivity contribution >= 4 is 33.6 Å². The average molecular weight is 293 g/mol. The van der Waals surface area contributed by atoms with Crippen LogP contribution in [0.1, 0.15) is 0 Å². The van der Waals surface area contributed by atoms with Crippen LogP contribution >= 0.6 is 11.6 Å². The molecule has 0 fully saturated rings. The Morgan fingerprint density at radius 3 is 2.17 bits per heavy atom. The van der Waals surface area contributed by atoms with Crippen LogP contribution in [0.2, 0.25) is 19.8 Å². The fourth-order valence-electron chi connectivity index (χ4n) is 1.21. The van der Waals surface area contributed by atoms with Crippen molar-refractivity contribution in [3.63, 3.8) is 0 Å². The van der Waals surface area contributed by atoms with E-state index in [0.29, 0.717) is 5.02 Å². The van der Waals surface area contributed by atoms with Gasteiger partial charge in [0.1, 0.15) is 0 Å². The molecule has 0 saturated carbocycles. The molecule has 0 atom stereocenters. The molecule has 0 heterocycles. The second kappa shape index (κ2) is 3.54. The van der Waals surface area contributed by atoms with Gasteiger partial charge >= 0.3 is 81.8 Å². The van der Waals surface area contributed by atoms with Crippen LogP contribution in [-0.4, -0.2) is 18.4 Å². The van der Waals surface area contributed by atoms with E-state index >= 15 is 0 Å². The molecule has 0 spiro atoms. The van der Waals surface area contributed by atoms with Gasteiger partial charge in [0.25, 0.3) is 0 Å². The molecule has 1 aromatic carbocycles. The second-order valence-corrected chi connectivity index (χ2v) is 18.5. The Balaban J connectivity index is 3.31. The van der Waals surface area contributed by atoms with Gasteiger partial charge in [0.05, 0.1) is 0 Å². The van der Waals surface area contributed by atoms with Gasteiger partial charge in [-0.15, -0.1) is 0 Å². The zero-order valence-corrected chi connectivity index (χ0v) is 11.1. The fraction of sp³-hybridized carbons (Fsp3) is 0.333. The maximum absolute atomic E-state index is 13.3. The Kier molecular flexibility index (Phi) is 3.05. The van der Waals surface area contributed by atoms with Crippen molar-refractivity contribution in [3.8, 4) is 0 Å². The first-order valence-corrected chi connectivity index (χ1v) is 14.2. The molecule has 0 aliphatic heterocycles. The molecule has 0 amide bonds. The number of benzene rings is 1. The molecule has 0 nitrogen and oxygen atoms in total. The Morgan fingerprint density at radius 1 is 1.25 bits per heavy atom. The summed E-state index contributed by atoms with van der Waals surface area (Å²) in [6, 6.07) is 4.91. The predicted octanol–water partition coefficient (Wildman–Crippen LogP) is 3.02. The summed E-state index contributed by atoms with van der Waals surface area (Å²) in [5.74, 6) is -0.134. The van der Waals surface area contributed by atoms with Gasteiger partial charge < -0.3 is 0 Å². The summed E-state index contributed by atoms with van der Waals surface area (Å²) in [6.45, 7) is 0. The molecule has 0 N–H and O–H groups in total. The zero-order chi connectivity index (χ0) is 9.35. The van der Waals surface area contributed by atoms with E-state index in [0.717, 1.165) is 3.58 Å². The van der Waals surface area contributed by atoms with Crippen LogP contribution in [0.25, 0.3) is 0 Å². The van der Waals surface area contributed by atoms with Crippen LogP contribution in [-0.2, 0) is 0 Å². The summed E-state index contributed by atoms with van der Waals surface area (Å²) in [5.41, 5.74) is 0. The summed E-state index contributed by atoms with van der Waals surface area (Å²) in [7, 11) is 0. The van der Waals surface area contributed by atoms with Crippen molar-refractivity contribution in [2.45, 2.75) is 14.8 Å². The molecule has 66 valence electrons. The number of rotatable bonds is 1. The molecule has 1 rings (SSSR count). The van der Waals surface area contributed by atoms with Gasteiger partial charge in [-0.25, -0.2) is 0 Å². The van der Waals surface area contributed by atoms with Gasteiger partial charge in [0.15, 0.2) is 0 Å². The molecule has 0 unspecified atom stereocenters. The molecule has 0 radical (unpaired) electrons. The average Bonchev–Trinajstić information content (AvgIpc) is 1.82. The number of hydrogen-bond donors (Lipinski definition) is 0. The van der Waals surface area contributed by atoms with E-state index in [-0.39, 0.29) is 5.82 Å². The fourth-order valence-corrected chi connectivity index (χ4v) is 7.84. The second-order valence-electron chi connectivity index (χ2n) is 3.85. The number of hydrogen-bond acceptors (Lipinski definition) is 0. The zero-order valence-electron chi connectivity index (χ0n) is 7.49. The van der Waals surface area contributed by atoms with Gasteiger partial charge in [-0.2, -0.15) is 0 Å². The van der Waals surface area contributed by atoms with Crippen molar-refractivity contribution < 1.29 is 4.39 Å². The third-order valence-electron chi connectivity index (χ3n) is 1.71. The van der Waals surface area contributed by atoms with E-state index in [1.54, 1.807) is 12.1 Å². The van der Waals surface area contributed by atoms with Gasteiger partial charge in [0, 0.05) is 0 Å². The van der Waals surface area contributed by atoms with Crippen molar-refractivity contribution in [2.75, 3.05) is 0 Å². The van der Waals surface area contributed by atoms with Crippen LogP contribution in [0.4, 0.5) is 4.39 Å². The summed E-state index contributed by atoms with van der Waals surface area (Å²) in [4.78, 5) is 6.46. The Morgan fingerprint density at radius 2 is 1.83 bits per heavy atom. The molecule has 0 aliphatic rings. The minimum atomic E-state index is -2.34. The van der Waals surface area contributed by atoms with Crippen LogP contribution in [0.15, 0.2) is 18.2 Å². The van der Waals surface area contributed by atoms with Crippen molar-refractivity contribution in [1.82, 2.24) is 0 Å². The van der Waals surface area contributed by atoms with E-state index in [2.05, 4.69) is 14.8 Å². The molecule has 12 heavy (non-hydrogen) atoms. The van der Waals surface area contributed by atoms with E-state index < -0.39 is 18.4 Å². The molecular weight excluding hydrogens is 281 g/mol. The Hall–Kier alpha value is 0.239. The van der Waals surface area contributed by atoms with Gasteiger partial charge in [0.2, 0.25) is 0 Å². The Bertz CT molecular complexity index is 271. The molecule has 1 aromatic rings. The summed E-state index contributed by atoms with van der Waals surface area (Å²) >= 11 is 3.58. The van der Waals surface area contributed by atoms with Gasteiger partial charge in [-0.05, 0) is 0 Å². The summed E-state index contributed by atoms with van der Waals surface area (Å²) < 4.78 is 14.1. The van der Waals surface area contributed by atoms with E-state index in [1.807, 2.05) is 0 Å². The number of halogens is 2. The van der Waals surface area contributed by atoms with Crippen molar-refractivity contribution in [2.24, 2.45) is 0 Å². The Labute approximate surface area is 81.6 Å². The summed E-state index contributed by atoms with van der Waals surface area (Å²) in [5, 5.41) is 0.596. The molecule has 0 bridgehead atoms. The molecule has 0 aromatic heterocycles. The minimum absolute atomic E-state index is 0.134. The van der Waals surface area contributed by atoms with Crippen LogP contribution < -0.4 is 3.58 Å². The monoisotopic (exact) mass is 294 g/mol. The first-order chi connectivity index (χ1) is 5.43. The predicted molar refractivity (Wildman–Crippen MR) is 54.4 cm³/mol. The summed E-state index contributed by atoms with van der Waals surface area (Å²) in [6.07, 6.45) is 0. The van der Waals surface area contributed by atoms with Crippen LogP contribution in [0, 0.1) is 5.82 Å². The quantitative estimate of drug-likeness (QED) is 0.698. The van der Waals surface area contributed by atoms with E-state index in [9.17, 15) is 4.39 Å². The van der Waals surface area contributed by atoms with E-state index in [4.69, 9.17) is 11.6 Å². The van der Waals surface area contributed by atoms with Crippen LogP contribution in [0.5, 0.6) is 0 Å². The van der Waals surface area contributed by atoms with Gasteiger partial charge in [-0.1, -0.05) is 0 Å². The normalized spacial score (nSPS) is 11.8. The topological polar surface area (TPSA) is 0 Å². The SMILES string of the molecule is [CH3][Sn]([CH3])([CH3])[c]1c(F)cccc1Cl. The van der Waals surface area contributed by atoms with Crippen molar-refractivity contribution in [3.05, 3.63) is 29.0 Å². The van der Waals surface area contributed by atoms with Crippen LogP contribution in [0.3, 0.4) is 0 Å². The van der Waals surface area contributed by atoms with Gasteiger partial charge in [-0.3, -0.25) is 0 Å². The third-order valence-corrected chi connectivity index (χ3v) is 8.21. The first kappa shape index (κ1) is 10.3. The van der Waals surface area contributed by atoms with Crippen molar-refractivity contribution in [1.29, 1.82) is 0 Å². The van der Waals surface area contributed by atoms with E-state index in [1.165, 1.54) is 6.07 Å². The standard InChI is InChI=1S/C6H3ClF.3CH3.Sn/c7-5-2-1-3-6(8)4-5;;;;/h1-3H;3*1H3;. The maximum atomic E-state index is 13.3. The molecule has 3 heteroatoms. The first-order valence-electron chi connectivity index (χ1n) is 3.87.